The Bertz CT molecular complexity index is 428. The van der Waals surface area contributed by atoms with Crippen LogP contribution in [0.4, 0.5) is 0 Å². The molecule has 0 aromatic rings. The van der Waals surface area contributed by atoms with E-state index in [1.54, 1.807) is 0 Å². The highest BCUT2D eigenvalue weighted by Gasteiger charge is 2.55. The lowest BCUT2D eigenvalue weighted by Gasteiger charge is -2.41. The fraction of sp³-hybridized carbons (Fsp3) is 0.923. The van der Waals surface area contributed by atoms with Gasteiger partial charge in [0.25, 0.3) is 0 Å². The quantitative estimate of drug-likeness (QED) is 0.855. The van der Waals surface area contributed by atoms with Crippen molar-refractivity contribution in [2.24, 2.45) is 17.3 Å². The zero-order chi connectivity index (χ0) is 13.4. The van der Waals surface area contributed by atoms with Gasteiger partial charge in [-0.3, -0.25) is 4.79 Å². The van der Waals surface area contributed by atoms with Gasteiger partial charge in [-0.05, 0) is 24.7 Å². The normalized spacial score (nSPS) is 39.6. The van der Waals surface area contributed by atoms with Gasteiger partial charge in [-0.1, -0.05) is 32.6 Å². The number of carboxylic acids is 1. The molecule has 104 valence electrons. The molecule has 1 heterocycles. The highest BCUT2D eigenvalue weighted by molar-refractivity contribution is 7.91. The standard InChI is InChI=1S/C13H22O4S/c1-2-10-5-3-4-6-11(10)13(12(14)15)7-8-18(16,17)9-13/h10-11H,2-9H2,1H3,(H,14,15). The van der Waals surface area contributed by atoms with Crippen molar-refractivity contribution >= 4 is 15.8 Å². The molecular weight excluding hydrogens is 252 g/mol. The average molecular weight is 274 g/mol. The van der Waals surface area contributed by atoms with Crippen LogP contribution in [0.5, 0.6) is 0 Å². The number of hydrogen-bond acceptors (Lipinski definition) is 3. The van der Waals surface area contributed by atoms with Crippen LogP contribution in [0.2, 0.25) is 0 Å². The van der Waals surface area contributed by atoms with Crippen molar-refractivity contribution in [2.45, 2.75) is 45.4 Å². The van der Waals surface area contributed by atoms with E-state index < -0.39 is 21.2 Å². The molecule has 0 amide bonds. The van der Waals surface area contributed by atoms with Gasteiger partial charge in [0.15, 0.2) is 9.84 Å². The van der Waals surface area contributed by atoms with E-state index in [2.05, 4.69) is 6.92 Å². The first-order valence-corrected chi connectivity index (χ1v) is 8.67. The van der Waals surface area contributed by atoms with Gasteiger partial charge in [0.2, 0.25) is 0 Å². The molecular formula is C13H22O4S. The molecule has 0 bridgehead atoms. The summed E-state index contributed by atoms with van der Waals surface area (Å²) in [5.41, 5.74) is -1.00. The Morgan fingerprint density at radius 3 is 2.50 bits per heavy atom. The summed E-state index contributed by atoms with van der Waals surface area (Å²) < 4.78 is 23.4. The highest BCUT2D eigenvalue weighted by Crippen LogP contribution is 2.49. The topological polar surface area (TPSA) is 71.4 Å². The average Bonchev–Trinajstić information content (AvgIpc) is 2.67. The lowest BCUT2D eigenvalue weighted by Crippen LogP contribution is -2.44. The van der Waals surface area contributed by atoms with Crippen molar-refractivity contribution in [1.29, 1.82) is 0 Å². The van der Waals surface area contributed by atoms with Gasteiger partial charge >= 0.3 is 5.97 Å². The third kappa shape index (κ3) is 2.29. The van der Waals surface area contributed by atoms with E-state index in [0.717, 1.165) is 32.1 Å². The van der Waals surface area contributed by atoms with Crippen molar-refractivity contribution in [3.63, 3.8) is 0 Å². The Labute approximate surface area is 109 Å². The second-order valence-corrected chi connectivity index (χ2v) is 8.05. The van der Waals surface area contributed by atoms with E-state index in [-0.39, 0.29) is 17.4 Å². The number of carboxylic acid groups (broad SMARTS) is 1. The molecule has 4 nitrogen and oxygen atoms in total. The van der Waals surface area contributed by atoms with Crippen LogP contribution in [-0.4, -0.2) is 31.0 Å². The van der Waals surface area contributed by atoms with Crippen molar-refractivity contribution in [3.05, 3.63) is 0 Å². The van der Waals surface area contributed by atoms with E-state index >= 15 is 0 Å². The van der Waals surface area contributed by atoms with Gasteiger partial charge < -0.3 is 5.11 Å². The molecule has 2 rings (SSSR count). The van der Waals surface area contributed by atoms with Gasteiger partial charge in [0, 0.05) is 0 Å². The molecule has 0 spiro atoms. The fourth-order valence-electron chi connectivity index (χ4n) is 3.92. The van der Waals surface area contributed by atoms with Gasteiger partial charge in [-0.25, -0.2) is 8.42 Å². The minimum absolute atomic E-state index is 0.0472. The predicted octanol–water partition coefficient (Wildman–Crippen LogP) is 2.09. The lowest BCUT2D eigenvalue weighted by molar-refractivity contribution is -0.153. The zero-order valence-electron chi connectivity index (χ0n) is 10.9. The minimum atomic E-state index is -3.16. The number of hydrogen-bond donors (Lipinski definition) is 1. The van der Waals surface area contributed by atoms with E-state index in [0.29, 0.717) is 12.3 Å². The van der Waals surface area contributed by atoms with Crippen LogP contribution in [0, 0.1) is 17.3 Å². The maximum atomic E-state index is 11.7. The first-order valence-electron chi connectivity index (χ1n) is 6.85. The van der Waals surface area contributed by atoms with Crippen LogP contribution >= 0.6 is 0 Å². The molecule has 1 saturated carbocycles. The van der Waals surface area contributed by atoms with Gasteiger partial charge in [-0.2, -0.15) is 0 Å². The van der Waals surface area contributed by atoms with Crippen LogP contribution in [-0.2, 0) is 14.6 Å². The first kappa shape index (κ1) is 13.8. The number of carbonyl (C=O) groups is 1. The Morgan fingerprint density at radius 1 is 1.33 bits per heavy atom. The molecule has 5 heteroatoms. The third-order valence-corrected chi connectivity index (χ3v) is 6.69. The van der Waals surface area contributed by atoms with Crippen molar-refractivity contribution < 1.29 is 18.3 Å². The van der Waals surface area contributed by atoms with E-state index in [1.807, 2.05) is 0 Å². The monoisotopic (exact) mass is 274 g/mol. The van der Waals surface area contributed by atoms with Crippen molar-refractivity contribution in [2.75, 3.05) is 11.5 Å². The van der Waals surface area contributed by atoms with Gasteiger partial charge in [-0.15, -0.1) is 0 Å². The summed E-state index contributed by atoms with van der Waals surface area (Å²) in [4.78, 5) is 11.7. The van der Waals surface area contributed by atoms with Crippen LogP contribution in [0.1, 0.15) is 45.4 Å². The molecule has 1 aliphatic carbocycles. The largest absolute Gasteiger partial charge is 0.481 e. The predicted molar refractivity (Wildman–Crippen MR) is 69.1 cm³/mol. The van der Waals surface area contributed by atoms with Crippen molar-refractivity contribution in [1.82, 2.24) is 0 Å². The van der Waals surface area contributed by atoms with Crippen LogP contribution in [0.3, 0.4) is 0 Å². The highest BCUT2D eigenvalue weighted by atomic mass is 32.2. The molecule has 0 radical (unpaired) electrons. The number of rotatable bonds is 3. The van der Waals surface area contributed by atoms with Gasteiger partial charge in [0.1, 0.15) is 0 Å². The number of aliphatic carboxylic acids is 1. The molecule has 0 aromatic carbocycles. The molecule has 1 N–H and O–H groups in total. The summed E-state index contributed by atoms with van der Waals surface area (Å²) in [6.07, 6.45) is 5.38. The van der Waals surface area contributed by atoms with E-state index in [4.69, 9.17) is 0 Å². The summed E-state index contributed by atoms with van der Waals surface area (Å²) in [7, 11) is -3.16. The first-order chi connectivity index (χ1) is 8.41. The lowest BCUT2D eigenvalue weighted by atomic mass is 9.63. The fourth-order valence-corrected chi connectivity index (χ4v) is 6.00. The second-order valence-electron chi connectivity index (χ2n) is 5.86. The number of sulfone groups is 1. The molecule has 3 unspecified atom stereocenters. The zero-order valence-corrected chi connectivity index (χ0v) is 11.7. The molecule has 2 fully saturated rings. The SMILES string of the molecule is CCC1CCCCC1C1(C(=O)O)CCS(=O)(=O)C1. The summed E-state index contributed by atoms with van der Waals surface area (Å²) in [5, 5.41) is 9.60. The third-order valence-electron chi connectivity index (χ3n) is 4.91. The molecule has 0 aromatic heterocycles. The van der Waals surface area contributed by atoms with Gasteiger partial charge in [0.05, 0.1) is 16.9 Å². The Morgan fingerprint density at radius 2 is 2.00 bits per heavy atom. The maximum absolute atomic E-state index is 11.7. The summed E-state index contributed by atoms with van der Waals surface area (Å²) in [5.74, 6) is -0.564. The molecule has 1 aliphatic heterocycles. The Kier molecular flexibility index (Phi) is 3.72. The minimum Gasteiger partial charge on any atom is -0.481 e. The van der Waals surface area contributed by atoms with E-state index in [1.165, 1.54) is 0 Å². The molecule has 3 atom stereocenters. The summed E-state index contributed by atoms with van der Waals surface area (Å²) in [6.45, 7) is 2.09. The molecule has 2 aliphatic rings. The van der Waals surface area contributed by atoms with Crippen molar-refractivity contribution in [3.8, 4) is 0 Å². The van der Waals surface area contributed by atoms with Crippen LogP contribution in [0.15, 0.2) is 0 Å². The Hall–Kier alpha value is -0.580. The molecule has 18 heavy (non-hydrogen) atoms. The van der Waals surface area contributed by atoms with Crippen LogP contribution < -0.4 is 0 Å². The molecule has 1 saturated heterocycles. The maximum Gasteiger partial charge on any atom is 0.310 e. The van der Waals surface area contributed by atoms with E-state index in [9.17, 15) is 18.3 Å². The Balaban J connectivity index is 2.33. The summed E-state index contributed by atoms with van der Waals surface area (Å²) >= 11 is 0. The van der Waals surface area contributed by atoms with Crippen LogP contribution in [0.25, 0.3) is 0 Å². The summed E-state index contributed by atoms with van der Waals surface area (Å²) in [6, 6.07) is 0. The second kappa shape index (κ2) is 4.83. The smallest absolute Gasteiger partial charge is 0.310 e.